The number of carbonyl (C=O) groups excluding carboxylic acids is 1. The van der Waals surface area contributed by atoms with Gasteiger partial charge in [-0.25, -0.2) is 4.79 Å². The third-order valence-corrected chi connectivity index (χ3v) is 3.14. The second-order valence-corrected chi connectivity index (χ2v) is 6.13. The lowest BCUT2D eigenvalue weighted by molar-refractivity contribution is 0.0579. The minimum Gasteiger partial charge on any atom is -0.444 e. The Morgan fingerprint density at radius 1 is 1.48 bits per heavy atom. The maximum Gasteiger partial charge on any atom is 0.412 e. The van der Waals surface area contributed by atoms with Gasteiger partial charge in [0.1, 0.15) is 11.3 Å². The van der Waals surface area contributed by atoms with Crippen LogP contribution in [-0.2, 0) is 9.47 Å². The second-order valence-electron chi connectivity index (χ2n) is 6.13. The minimum absolute atomic E-state index is 0.0200. The monoisotopic (exact) mass is 294 g/mol. The molecule has 1 aliphatic heterocycles. The molecule has 1 amide bonds. The Bertz CT molecular complexity index is 554. The molecule has 6 heteroatoms. The molecule has 0 radical (unpaired) electrons. The molecule has 1 unspecified atom stereocenters. The van der Waals surface area contributed by atoms with Crippen molar-refractivity contribution in [2.75, 3.05) is 18.5 Å². The fourth-order valence-corrected chi connectivity index (χ4v) is 2.25. The van der Waals surface area contributed by atoms with Gasteiger partial charge in [-0.1, -0.05) is 0 Å². The lowest BCUT2D eigenvalue weighted by atomic mass is 10.1. The van der Waals surface area contributed by atoms with Crippen molar-refractivity contribution in [2.45, 2.75) is 45.3 Å². The van der Waals surface area contributed by atoms with Gasteiger partial charge in [-0.2, -0.15) is 0 Å². The van der Waals surface area contributed by atoms with E-state index in [1.54, 1.807) is 43.7 Å². The number of amides is 1. The molecule has 21 heavy (non-hydrogen) atoms. The van der Waals surface area contributed by atoms with Crippen LogP contribution in [0.5, 0.6) is 0 Å². The first kappa shape index (κ1) is 15.6. The molecule has 1 fully saturated rings. The zero-order chi connectivity index (χ0) is 15.5. The van der Waals surface area contributed by atoms with E-state index >= 15 is 0 Å². The van der Waals surface area contributed by atoms with Crippen LogP contribution in [0, 0.1) is 0 Å². The SMILES string of the molecule is CC(C)(C)OC(=O)Nc1cccn(C2CCCOC2)c1=O. The minimum atomic E-state index is -0.628. The molecule has 0 aromatic carbocycles. The van der Waals surface area contributed by atoms with Crippen LogP contribution in [0.25, 0.3) is 0 Å². The van der Waals surface area contributed by atoms with E-state index in [1.165, 1.54) is 0 Å². The molecule has 1 saturated heterocycles. The first-order chi connectivity index (χ1) is 9.87. The molecule has 2 heterocycles. The average molecular weight is 294 g/mol. The Morgan fingerprint density at radius 2 is 2.24 bits per heavy atom. The fraction of sp³-hybridized carbons (Fsp3) is 0.600. The highest BCUT2D eigenvalue weighted by Gasteiger charge is 2.20. The van der Waals surface area contributed by atoms with Crippen LogP contribution in [0.1, 0.15) is 39.7 Å². The molecule has 1 N–H and O–H groups in total. The number of ether oxygens (including phenoxy) is 2. The molecular weight excluding hydrogens is 272 g/mol. The van der Waals surface area contributed by atoms with Crippen molar-refractivity contribution in [3.8, 4) is 0 Å². The predicted octanol–water partition coefficient (Wildman–Crippen LogP) is 2.55. The van der Waals surface area contributed by atoms with Crippen LogP contribution in [0.4, 0.5) is 10.5 Å². The van der Waals surface area contributed by atoms with Gasteiger partial charge in [-0.05, 0) is 45.7 Å². The van der Waals surface area contributed by atoms with Gasteiger partial charge >= 0.3 is 6.09 Å². The maximum atomic E-state index is 12.4. The summed E-state index contributed by atoms with van der Waals surface area (Å²) in [4.78, 5) is 24.2. The molecule has 2 rings (SSSR count). The average Bonchev–Trinajstić information content (AvgIpc) is 2.40. The fourth-order valence-electron chi connectivity index (χ4n) is 2.25. The summed E-state index contributed by atoms with van der Waals surface area (Å²) in [5.41, 5.74) is -0.620. The van der Waals surface area contributed by atoms with Crippen LogP contribution < -0.4 is 10.9 Å². The van der Waals surface area contributed by atoms with Gasteiger partial charge in [0.05, 0.1) is 12.6 Å². The lowest BCUT2D eigenvalue weighted by Gasteiger charge is -2.24. The van der Waals surface area contributed by atoms with Crippen molar-refractivity contribution in [2.24, 2.45) is 0 Å². The van der Waals surface area contributed by atoms with Gasteiger partial charge in [0.15, 0.2) is 0 Å². The topological polar surface area (TPSA) is 69.6 Å². The van der Waals surface area contributed by atoms with Gasteiger partial charge in [-0.3, -0.25) is 10.1 Å². The molecule has 0 aliphatic carbocycles. The quantitative estimate of drug-likeness (QED) is 0.910. The number of nitrogens with one attached hydrogen (secondary N) is 1. The molecule has 0 bridgehead atoms. The normalized spacial score (nSPS) is 19.1. The molecule has 0 spiro atoms. The Labute approximate surface area is 124 Å². The second kappa shape index (κ2) is 6.30. The number of pyridine rings is 1. The van der Waals surface area contributed by atoms with Crippen LogP contribution >= 0.6 is 0 Å². The molecule has 1 aromatic heterocycles. The molecule has 1 atom stereocenters. The van der Waals surface area contributed by atoms with Gasteiger partial charge in [-0.15, -0.1) is 0 Å². The molecule has 1 aliphatic rings. The number of rotatable bonds is 2. The molecule has 1 aromatic rings. The van der Waals surface area contributed by atoms with E-state index in [0.717, 1.165) is 19.4 Å². The summed E-state index contributed by atoms with van der Waals surface area (Å²) in [5.74, 6) is 0. The summed E-state index contributed by atoms with van der Waals surface area (Å²) < 4.78 is 12.2. The molecule has 6 nitrogen and oxygen atoms in total. The third-order valence-electron chi connectivity index (χ3n) is 3.14. The van der Waals surface area contributed by atoms with Crippen LogP contribution in [-0.4, -0.2) is 29.5 Å². The van der Waals surface area contributed by atoms with Crippen molar-refractivity contribution in [1.82, 2.24) is 4.57 Å². The Hall–Kier alpha value is -1.82. The van der Waals surface area contributed by atoms with Crippen molar-refractivity contribution in [3.63, 3.8) is 0 Å². The number of anilines is 1. The van der Waals surface area contributed by atoms with Crippen molar-refractivity contribution in [3.05, 3.63) is 28.7 Å². The van der Waals surface area contributed by atoms with Gasteiger partial charge in [0.25, 0.3) is 5.56 Å². The highest BCUT2D eigenvalue weighted by Crippen LogP contribution is 2.18. The smallest absolute Gasteiger partial charge is 0.412 e. The van der Waals surface area contributed by atoms with Crippen LogP contribution in [0.2, 0.25) is 0 Å². The van der Waals surface area contributed by atoms with E-state index in [0.29, 0.717) is 6.61 Å². The predicted molar refractivity (Wildman–Crippen MR) is 79.6 cm³/mol. The van der Waals surface area contributed by atoms with Crippen LogP contribution in [0.15, 0.2) is 23.1 Å². The number of carbonyl (C=O) groups is 1. The van der Waals surface area contributed by atoms with E-state index in [-0.39, 0.29) is 17.3 Å². The lowest BCUT2D eigenvalue weighted by Crippen LogP contribution is -2.33. The van der Waals surface area contributed by atoms with Gasteiger partial charge < -0.3 is 14.0 Å². The number of hydrogen-bond donors (Lipinski definition) is 1. The van der Waals surface area contributed by atoms with E-state index in [9.17, 15) is 9.59 Å². The Morgan fingerprint density at radius 3 is 2.86 bits per heavy atom. The highest BCUT2D eigenvalue weighted by atomic mass is 16.6. The molecule has 0 saturated carbocycles. The summed E-state index contributed by atoms with van der Waals surface area (Å²) in [6, 6.07) is 3.33. The Balaban J connectivity index is 2.14. The maximum absolute atomic E-state index is 12.4. The van der Waals surface area contributed by atoms with Gasteiger partial charge in [0, 0.05) is 12.8 Å². The zero-order valence-electron chi connectivity index (χ0n) is 12.7. The number of aromatic nitrogens is 1. The number of nitrogens with zero attached hydrogens (tertiary/aromatic N) is 1. The first-order valence-corrected chi connectivity index (χ1v) is 7.16. The summed E-state index contributed by atoms with van der Waals surface area (Å²) >= 11 is 0. The molecular formula is C15H22N2O4. The zero-order valence-corrected chi connectivity index (χ0v) is 12.7. The summed E-state index contributed by atoms with van der Waals surface area (Å²) in [7, 11) is 0. The third kappa shape index (κ3) is 4.32. The largest absolute Gasteiger partial charge is 0.444 e. The summed E-state index contributed by atoms with van der Waals surface area (Å²) in [6.07, 6.45) is 2.93. The summed E-state index contributed by atoms with van der Waals surface area (Å²) in [5, 5.41) is 2.51. The Kier molecular flexibility index (Phi) is 4.67. The summed E-state index contributed by atoms with van der Waals surface area (Å²) in [6.45, 7) is 6.58. The highest BCUT2D eigenvalue weighted by molar-refractivity contribution is 5.84. The number of hydrogen-bond acceptors (Lipinski definition) is 4. The van der Waals surface area contributed by atoms with Crippen molar-refractivity contribution >= 4 is 11.8 Å². The standard InChI is InChI=1S/C15H22N2O4/c1-15(2,3)21-14(19)16-12-7-4-8-17(13(12)18)11-6-5-9-20-10-11/h4,7-8,11H,5-6,9-10H2,1-3H3,(H,16,19). The van der Waals surface area contributed by atoms with Crippen molar-refractivity contribution < 1.29 is 14.3 Å². The van der Waals surface area contributed by atoms with E-state index < -0.39 is 11.7 Å². The van der Waals surface area contributed by atoms with Crippen LogP contribution in [0.3, 0.4) is 0 Å². The van der Waals surface area contributed by atoms with E-state index in [2.05, 4.69) is 5.32 Å². The first-order valence-electron chi connectivity index (χ1n) is 7.16. The van der Waals surface area contributed by atoms with E-state index in [1.807, 2.05) is 0 Å². The van der Waals surface area contributed by atoms with E-state index in [4.69, 9.17) is 9.47 Å². The molecule has 116 valence electrons. The van der Waals surface area contributed by atoms with Crippen molar-refractivity contribution in [1.29, 1.82) is 0 Å². The van der Waals surface area contributed by atoms with Gasteiger partial charge in [0.2, 0.25) is 0 Å².